The summed E-state index contributed by atoms with van der Waals surface area (Å²) in [5, 5.41) is 0. The van der Waals surface area contributed by atoms with E-state index in [9.17, 15) is 17.6 Å². The lowest BCUT2D eigenvalue weighted by molar-refractivity contribution is 0.369. The van der Waals surface area contributed by atoms with Crippen molar-refractivity contribution in [2.75, 3.05) is 0 Å². The van der Waals surface area contributed by atoms with E-state index in [1.807, 2.05) is 0 Å². The molecule has 0 atom stereocenters. The van der Waals surface area contributed by atoms with Gasteiger partial charge in [-0.1, -0.05) is 0 Å². The third-order valence-electron chi connectivity index (χ3n) is 0.276. The maximum absolute atomic E-state index is 11.0. The van der Waals surface area contributed by atoms with Gasteiger partial charge < -0.3 is 0 Å². The summed E-state index contributed by atoms with van der Waals surface area (Å²) in [5.74, 6) is -2.11. The van der Waals surface area contributed by atoms with Gasteiger partial charge in [-0.2, -0.15) is 8.78 Å². The summed E-state index contributed by atoms with van der Waals surface area (Å²) in [4.78, 5) is 0. The highest BCUT2D eigenvalue weighted by Gasteiger charge is 2.02. The molecular weight excluding hydrogens is 112 g/mol. The van der Waals surface area contributed by atoms with Crippen molar-refractivity contribution in [3.8, 4) is 0 Å². The summed E-state index contributed by atoms with van der Waals surface area (Å²) >= 11 is 0. The van der Waals surface area contributed by atoms with Gasteiger partial charge in [-0.25, -0.2) is 8.78 Å². The standard InChI is InChI=1S/C3HF4/c4-1-2(5)3(6)7/h1H. The molecule has 0 heterocycles. The SMILES string of the molecule is F[CH]C(F)=C(F)F. The number of halogens is 4. The van der Waals surface area contributed by atoms with E-state index in [1.165, 1.54) is 0 Å². The molecule has 0 aliphatic rings. The van der Waals surface area contributed by atoms with Crippen LogP contribution in [0, 0.1) is 6.67 Å². The highest BCUT2D eigenvalue weighted by atomic mass is 19.3. The van der Waals surface area contributed by atoms with Crippen LogP contribution in [0.15, 0.2) is 11.9 Å². The molecule has 41 valence electrons. The molecule has 7 heavy (non-hydrogen) atoms. The van der Waals surface area contributed by atoms with Gasteiger partial charge in [0.1, 0.15) is 0 Å². The van der Waals surface area contributed by atoms with E-state index in [0.717, 1.165) is 0 Å². The fourth-order valence-corrected chi connectivity index (χ4v) is 0.0412. The van der Waals surface area contributed by atoms with Gasteiger partial charge in [0.15, 0.2) is 6.67 Å². The van der Waals surface area contributed by atoms with E-state index in [-0.39, 0.29) is 0 Å². The largest absolute Gasteiger partial charge is 0.304 e. The van der Waals surface area contributed by atoms with Crippen LogP contribution in [0.25, 0.3) is 0 Å². The maximum Gasteiger partial charge on any atom is 0.304 e. The third kappa shape index (κ3) is 2.19. The lowest BCUT2D eigenvalue weighted by atomic mass is 10.6. The minimum absolute atomic E-state index is 0.796. The van der Waals surface area contributed by atoms with Crippen molar-refractivity contribution in [1.29, 1.82) is 0 Å². The Morgan fingerprint density at radius 1 is 1.14 bits per heavy atom. The van der Waals surface area contributed by atoms with Gasteiger partial charge in [-0.15, -0.1) is 0 Å². The lowest BCUT2D eigenvalue weighted by Crippen LogP contribution is -1.67. The first kappa shape index (κ1) is 6.46. The molecule has 0 aromatic carbocycles. The molecule has 0 aromatic heterocycles. The summed E-state index contributed by atoms with van der Waals surface area (Å²) in [6.07, 6.45) is -2.64. The molecule has 4 heteroatoms. The minimum atomic E-state index is -2.64. The second-order valence-electron chi connectivity index (χ2n) is 0.717. The number of rotatable bonds is 1. The average Bonchev–Trinajstić information content (AvgIpc) is 1.65. The van der Waals surface area contributed by atoms with Crippen molar-refractivity contribution in [2.24, 2.45) is 0 Å². The van der Waals surface area contributed by atoms with Crippen molar-refractivity contribution in [3.05, 3.63) is 18.6 Å². The van der Waals surface area contributed by atoms with E-state index in [1.54, 1.807) is 0 Å². The Balaban J connectivity index is 3.72. The van der Waals surface area contributed by atoms with Gasteiger partial charge >= 0.3 is 6.08 Å². The number of hydrogen-bond donors (Lipinski definition) is 0. The molecule has 0 N–H and O–H groups in total. The smallest absolute Gasteiger partial charge is 0.236 e. The van der Waals surface area contributed by atoms with Crippen LogP contribution in [-0.2, 0) is 0 Å². The van der Waals surface area contributed by atoms with E-state index < -0.39 is 18.6 Å². The van der Waals surface area contributed by atoms with Crippen molar-refractivity contribution in [3.63, 3.8) is 0 Å². The van der Waals surface area contributed by atoms with Gasteiger partial charge in [-0.05, 0) is 0 Å². The molecule has 0 saturated heterocycles. The Kier molecular flexibility index (Phi) is 2.40. The predicted octanol–water partition coefficient (Wildman–Crippen LogP) is 2.20. The van der Waals surface area contributed by atoms with Crippen LogP contribution < -0.4 is 0 Å². The zero-order valence-corrected chi connectivity index (χ0v) is 3.09. The summed E-state index contributed by atoms with van der Waals surface area (Å²) in [7, 11) is 0. The highest BCUT2D eigenvalue weighted by molar-refractivity contribution is 4.98. The van der Waals surface area contributed by atoms with Crippen LogP contribution in [-0.4, -0.2) is 0 Å². The van der Waals surface area contributed by atoms with Gasteiger partial charge in [0.2, 0.25) is 5.83 Å². The molecule has 0 unspecified atom stereocenters. The third-order valence-corrected chi connectivity index (χ3v) is 0.276. The lowest BCUT2D eigenvalue weighted by Gasteiger charge is -1.78. The zero-order valence-electron chi connectivity index (χ0n) is 3.09. The molecule has 0 aliphatic carbocycles. The first-order valence-corrected chi connectivity index (χ1v) is 1.32. The van der Waals surface area contributed by atoms with Gasteiger partial charge in [0.05, 0.1) is 0 Å². The van der Waals surface area contributed by atoms with Crippen molar-refractivity contribution in [2.45, 2.75) is 0 Å². The Morgan fingerprint density at radius 2 is 1.57 bits per heavy atom. The summed E-state index contributed by atoms with van der Waals surface area (Å²) in [6, 6.07) is 0. The number of allylic oxidation sites excluding steroid dienone is 1. The molecule has 1 radical (unpaired) electrons. The Hall–Kier alpha value is -0.540. The molecule has 0 aromatic rings. The van der Waals surface area contributed by atoms with Crippen molar-refractivity contribution < 1.29 is 17.6 Å². The van der Waals surface area contributed by atoms with E-state index in [2.05, 4.69) is 0 Å². The second-order valence-corrected chi connectivity index (χ2v) is 0.717. The highest BCUT2D eigenvalue weighted by Crippen LogP contribution is 2.11. The Morgan fingerprint density at radius 3 is 1.57 bits per heavy atom. The van der Waals surface area contributed by atoms with E-state index >= 15 is 0 Å². The number of hydrogen-bond acceptors (Lipinski definition) is 0. The fourth-order valence-electron chi connectivity index (χ4n) is 0.0412. The van der Waals surface area contributed by atoms with Crippen LogP contribution in [0.3, 0.4) is 0 Å². The van der Waals surface area contributed by atoms with Crippen molar-refractivity contribution >= 4 is 0 Å². The van der Waals surface area contributed by atoms with E-state index in [4.69, 9.17) is 0 Å². The van der Waals surface area contributed by atoms with Crippen LogP contribution in [0.5, 0.6) is 0 Å². The van der Waals surface area contributed by atoms with Crippen LogP contribution in [0.4, 0.5) is 17.6 Å². The van der Waals surface area contributed by atoms with E-state index in [0.29, 0.717) is 0 Å². The molecule has 0 bridgehead atoms. The zero-order chi connectivity index (χ0) is 5.86. The second kappa shape index (κ2) is 2.60. The Bertz CT molecular complexity index is 80.9. The van der Waals surface area contributed by atoms with Gasteiger partial charge in [0, 0.05) is 0 Å². The molecular formula is C3HF4. The molecule has 0 fully saturated rings. The van der Waals surface area contributed by atoms with Crippen LogP contribution >= 0.6 is 0 Å². The molecule has 0 aliphatic heterocycles. The quantitative estimate of drug-likeness (QED) is 0.457. The first-order valence-electron chi connectivity index (χ1n) is 1.32. The fraction of sp³-hybridized carbons (Fsp3) is 0. The topological polar surface area (TPSA) is 0 Å². The van der Waals surface area contributed by atoms with Crippen molar-refractivity contribution in [1.82, 2.24) is 0 Å². The Labute approximate surface area is 37.4 Å². The normalized spacial score (nSPS) is 8.57. The summed E-state index contributed by atoms with van der Waals surface area (Å²) in [5.41, 5.74) is 0. The predicted molar refractivity (Wildman–Crippen MR) is 15.8 cm³/mol. The molecule has 0 amide bonds. The maximum atomic E-state index is 11.0. The van der Waals surface area contributed by atoms with Gasteiger partial charge in [0.25, 0.3) is 0 Å². The molecule has 0 saturated carbocycles. The van der Waals surface area contributed by atoms with Crippen LogP contribution in [0.1, 0.15) is 0 Å². The van der Waals surface area contributed by atoms with Crippen LogP contribution in [0.2, 0.25) is 0 Å². The molecule has 0 spiro atoms. The summed E-state index contributed by atoms with van der Waals surface area (Å²) in [6.45, 7) is -0.796. The van der Waals surface area contributed by atoms with Gasteiger partial charge in [-0.3, -0.25) is 0 Å². The molecule has 0 nitrogen and oxygen atoms in total. The first-order chi connectivity index (χ1) is 3.18. The monoisotopic (exact) mass is 113 g/mol. The molecule has 0 rings (SSSR count). The average molecular weight is 113 g/mol. The summed E-state index contributed by atoms with van der Waals surface area (Å²) < 4.78 is 42.9. The minimum Gasteiger partial charge on any atom is -0.236 e.